The van der Waals surface area contributed by atoms with Crippen molar-refractivity contribution in [3.63, 3.8) is 0 Å². The topological polar surface area (TPSA) is 29.1 Å². The number of carbonyl (C=O) groups is 1. The molecule has 0 aromatic heterocycles. The summed E-state index contributed by atoms with van der Waals surface area (Å²) in [7, 11) is 0. The van der Waals surface area contributed by atoms with Crippen LogP contribution in [0.25, 0.3) is 0 Å². The van der Waals surface area contributed by atoms with Crippen LogP contribution in [0.5, 0.6) is 0 Å². The van der Waals surface area contributed by atoms with Crippen LogP contribution in [-0.4, -0.2) is 11.9 Å². The molecule has 1 aromatic carbocycles. The van der Waals surface area contributed by atoms with Crippen molar-refractivity contribution >= 4 is 5.91 Å². The highest BCUT2D eigenvalue weighted by molar-refractivity contribution is 5.79. The van der Waals surface area contributed by atoms with Crippen LogP contribution in [0, 0.1) is 20.8 Å². The van der Waals surface area contributed by atoms with E-state index in [0.717, 1.165) is 18.4 Å². The molecule has 1 N–H and O–H groups in total. The van der Waals surface area contributed by atoms with Gasteiger partial charge in [-0.25, -0.2) is 0 Å². The molecule has 1 aliphatic carbocycles. The van der Waals surface area contributed by atoms with Crippen molar-refractivity contribution in [2.75, 3.05) is 0 Å². The first-order valence-electron chi connectivity index (χ1n) is 5.92. The molecule has 1 aromatic rings. The maximum absolute atomic E-state index is 11.7. The molecule has 1 fully saturated rings. The molecule has 0 aliphatic heterocycles. The van der Waals surface area contributed by atoms with Crippen molar-refractivity contribution in [2.45, 2.75) is 46.1 Å². The van der Waals surface area contributed by atoms with Gasteiger partial charge in [0.05, 0.1) is 6.42 Å². The zero-order chi connectivity index (χ0) is 11.7. The van der Waals surface area contributed by atoms with Gasteiger partial charge in [-0.1, -0.05) is 12.1 Å². The number of hydrogen-bond acceptors (Lipinski definition) is 1. The maximum atomic E-state index is 11.7. The Labute approximate surface area is 97.1 Å². The number of carbonyl (C=O) groups excluding carboxylic acids is 1. The van der Waals surface area contributed by atoms with Gasteiger partial charge in [0.15, 0.2) is 0 Å². The molecule has 0 radical (unpaired) electrons. The van der Waals surface area contributed by atoms with E-state index in [4.69, 9.17) is 0 Å². The van der Waals surface area contributed by atoms with Gasteiger partial charge in [-0.05, 0) is 55.9 Å². The molecule has 0 unspecified atom stereocenters. The van der Waals surface area contributed by atoms with Gasteiger partial charge >= 0.3 is 0 Å². The number of benzene rings is 1. The largest absolute Gasteiger partial charge is 0.353 e. The Balaban J connectivity index is 2.07. The molecule has 16 heavy (non-hydrogen) atoms. The van der Waals surface area contributed by atoms with Gasteiger partial charge in [-0.2, -0.15) is 0 Å². The van der Waals surface area contributed by atoms with E-state index in [1.807, 2.05) is 0 Å². The van der Waals surface area contributed by atoms with Crippen molar-refractivity contribution in [1.82, 2.24) is 5.32 Å². The lowest BCUT2D eigenvalue weighted by molar-refractivity contribution is -0.120. The van der Waals surface area contributed by atoms with Gasteiger partial charge in [0.25, 0.3) is 0 Å². The Hall–Kier alpha value is -1.31. The van der Waals surface area contributed by atoms with E-state index < -0.39 is 0 Å². The van der Waals surface area contributed by atoms with Crippen LogP contribution < -0.4 is 5.32 Å². The molecule has 1 amide bonds. The lowest BCUT2D eigenvalue weighted by Crippen LogP contribution is -2.27. The van der Waals surface area contributed by atoms with E-state index in [1.165, 1.54) is 16.7 Å². The summed E-state index contributed by atoms with van der Waals surface area (Å²) in [6, 6.07) is 4.76. The van der Waals surface area contributed by atoms with Gasteiger partial charge in [0.1, 0.15) is 0 Å². The maximum Gasteiger partial charge on any atom is 0.224 e. The van der Waals surface area contributed by atoms with Gasteiger partial charge in [-0.15, -0.1) is 0 Å². The first kappa shape index (κ1) is 11.2. The van der Waals surface area contributed by atoms with Crippen LogP contribution in [0.15, 0.2) is 12.1 Å². The highest BCUT2D eigenvalue weighted by Crippen LogP contribution is 2.20. The summed E-state index contributed by atoms with van der Waals surface area (Å²) in [5.41, 5.74) is 4.93. The predicted octanol–water partition coefficient (Wildman–Crippen LogP) is 2.43. The summed E-state index contributed by atoms with van der Waals surface area (Å²) in [6.07, 6.45) is 2.82. The Morgan fingerprint density at radius 1 is 1.19 bits per heavy atom. The third-order valence-electron chi connectivity index (χ3n) is 3.25. The fourth-order valence-electron chi connectivity index (χ4n) is 1.89. The molecule has 0 bridgehead atoms. The van der Waals surface area contributed by atoms with Crippen molar-refractivity contribution in [1.29, 1.82) is 0 Å². The Morgan fingerprint density at radius 2 is 1.81 bits per heavy atom. The lowest BCUT2D eigenvalue weighted by Gasteiger charge is -2.10. The SMILES string of the molecule is Cc1cc(C)c(CC(=O)NC2CC2)cc1C. The summed E-state index contributed by atoms with van der Waals surface area (Å²) >= 11 is 0. The molecule has 0 atom stereocenters. The molecule has 1 aliphatic rings. The molecular weight excluding hydrogens is 198 g/mol. The Morgan fingerprint density at radius 3 is 2.44 bits per heavy atom. The van der Waals surface area contributed by atoms with Crippen molar-refractivity contribution < 1.29 is 4.79 Å². The highest BCUT2D eigenvalue weighted by Gasteiger charge is 2.23. The van der Waals surface area contributed by atoms with Crippen LogP contribution >= 0.6 is 0 Å². The Kier molecular flexibility index (Phi) is 2.99. The van der Waals surface area contributed by atoms with Crippen LogP contribution in [-0.2, 0) is 11.2 Å². The van der Waals surface area contributed by atoms with Gasteiger partial charge < -0.3 is 5.32 Å². The minimum absolute atomic E-state index is 0.161. The standard InChI is InChI=1S/C14H19NO/c1-9-6-11(3)12(7-10(9)2)8-14(16)15-13-4-5-13/h6-7,13H,4-5,8H2,1-3H3,(H,15,16). The van der Waals surface area contributed by atoms with Crippen molar-refractivity contribution in [3.8, 4) is 0 Å². The van der Waals surface area contributed by atoms with Crippen LogP contribution in [0.1, 0.15) is 35.1 Å². The average molecular weight is 217 g/mol. The number of rotatable bonds is 3. The first-order valence-corrected chi connectivity index (χ1v) is 5.92. The van der Waals surface area contributed by atoms with E-state index in [9.17, 15) is 4.79 Å². The second-order valence-corrected chi connectivity index (χ2v) is 4.88. The van der Waals surface area contributed by atoms with Crippen LogP contribution in [0.2, 0.25) is 0 Å². The minimum atomic E-state index is 0.161. The second kappa shape index (κ2) is 4.28. The van der Waals surface area contributed by atoms with E-state index in [2.05, 4.69) is 38.2 Å². The number of amides is 1. The minimum Gasteiger partial charge on any atom is -0.353 e. The fourth-order valence-corrected chi connectivity index (χ4v) is 1.89. The predicted molar refractivity (Wildman–Crippen MR) is 65.5 cm³/mol. The van der Waals surface area contributed by atoms with Crippen LogP contribution in [0.3, 0.4) is 0 Å². The van der Waals surface area contributed by atoms with Gasteiger partial charge in [0, 0.05) is 6.04 Å². The molecule has 1 saturated carbocycles. The van der Waals surface area contributed by atoms with E-state index in [1.54, 1.807) is 0 Å². The van der Waals surface area contributed by atoms with E-state index in [0.29, 0.717) is 12.5 Å². The summed E-state index contributed by atoms with van der Waals surface area (Å²) in [4.78, 5) is 11.7. The summed E-state index contributed by atoms with van der Waals surface area (Å²) < 4.78 is 0. The monoisotopic (exact) mass is 217 g/mol. The molecule has 0 spiro atoms. The van der Waals surface area contributed by atoms with E-state index >= 15 is 0 Å². The quantitative estimate of drug-likeness (QED) is 0.827. The second-order valence-electron chi connectivity index (χ2n) is 4.88. The van der Waals surface area contributed by atoms with Crippen molar-refractivity contribution in [2.24, 2.45) is 0 Å². The van der Waals surface area contributed by atoms with Crippen molar-refractivity contribution in [3.05, 3.63) is 34.4 Å². The molecule has 0 heterocycles. The van der Waals surface area contributed by atoms with Gasteiger partial charge in [0.2, 0.25) is 5.91 Å². The zero-order valence-electron chi connectivity index (χ0n) is 10.3. The first-order chi connectivity index (χ1) is 7.56. The molecular formula is C14H19NO. The summed E-state index contributed by atoms with van der Waals surface area (Å²) in [5.74, 6) is 0.161. The summed E-state index contributed by atoms with van der Waals surface area (Å²) in [5, 5.41) is 3.02. The molecule has 86 valence electrons. The number of aryl methyl sites for hydroxylation is 3. The highest BCUT2D eigenvalue weighted by atomic mass is 16.1. The summed E-state index contributed by atoms with van der Waals surface area (Å²) in [6.45, 7) is 6.28. The third-order valence-corrected chi connectivity index (χ3v) is 3.25. The van der Waals surface area contributed by atoms with Gasteiger partial charge in [-0.3, -0.25) is 4.79 Å². The molecule has 2 rings (SSSR count). The van der Waals surface area contributed by atoms with Crippen LogP contribution in [0.4, 0.5) is 0 Å². The molecule has 2 nitrogen and oxygen atoms in total. The number of nitrogens with one attached hydrogen (secondary N) is 1. The van der Waals surface area contributed by atoms with E-state index in [-0.39, 0.29) is 5.91 Å². The zero-order valence-corrected chi connectivity index (χ0v) is 10.3. The normalized spacial score (nSPS) is 14.9. The Bertz CT molecular complexity index is 419. The lowest BCUT2D eigenvalue weighted by atomic mass is 9.98. The molecule has 2 heteroatoms. The average Bonchev–Trinajstić information content (AvgIpc) is 2.98. The third kappa shape index (κ3) is 2.63. The number of hydrogen-bond donors (Lipinski definition) is 1. The fraction of sp³-hybridized carbons (Fsp3) is 0.500. The molecule has 0 saturated heterocycles. The smallest absolute Gasteiger partial charge is 0.224 e.